The smallest absolute Gasteiger partial charge is 0.155 e. The summed E-state index contributed by atoms with van der Waals surface area (Å²) in [6.07, 6.45) is 3.45. The topological polar surface area (TPSA) is 68.6 Å². The van der Waals surface area contributed by atoms with Gasteiger partial charge in [0.25, 0.3) is 0 Å². The Bertz CT molecular complexity index is 1140. The summed E-state index contributed by atoms with van der Waals surface area (Å²) in [6.45, 7) is 1.69. The number of aromatic nitrogens is 5. The quantitative estimate of drug-likeness (QED) is 0.583. The molecule has 0 saturated carbocycles. The Kier molecular flexibility index (Phi) is 3.51. The summed E-state index contributed by atoms with van der Waals surface area (Å²) in [4.78, 5) is 4.30. The number of rotatable bonds is 2. The van der Waals surface area contributed by atoms with Gasteiger partial charge in [-0.25, -0.2) is 9.37 Å². The number of hydrogen-bond donors (Lipinski definition) is 1. The number of fused-ring (bicyclic) bond motifs is 2. The Balaban J connectivity index is 1.82. The van der Waals surface area contributed by atoms with Crippen LogP contribution in [0.3, 0.4) is 0 Å². The first kappa shape index (κ1) is 15.5. The number of aromatic amines is 1. The van der Waals surface area contributed by atoms with Crippen molar-refractivity contribution in [2.75, 3.05) is 6.61 Å². The maximum Gasteiger partial charge on any atom is 0.155 e. The van der Waals surface area contributed by atoms with Crippen LogP contribution < -0.4 is 0 Å². The highest BCUT2D eigenvalue weighted by Gasteiger charge is 2.25. The van der Waals surface area contributed by atoms with Crippen molar-refractivity contribution in [2.24, 2.45) is 0 Å². The highest BCUT2D eigenvalue weighted by atomic mass is 35.5. The maximum absolute atomic E-state index is 14.1. The second-order valence-corrected chi connectivity index (χ2v) is 6.47. The fourth-order valence-electron chi connectivity index (χ4n) is 3.35. The molecule has 0 bridgehead atoms. The Morgan fingerprint density at radius 1 is 1.27 bits per heavy atom. The van der Waals surface area contributed by atoms with Crippen LogP contribution in [-0.4, -0.2) is 31.6 Å². The van der Waals surface area contributed by atoms with Crippen LogP contribution in [0.5, 0.6) is 0 Å². The van der Waals surface area contributed by atoms with Gasteiger partial charge in [-0.2, -0.15) is 10.2 Å². The van der Waals surface area contributed by atoms with Gasteiger partial charge in [-0.1, -0.05) is 17.7 Å². The second kappa shape index (κ2) is 5.89. The summed E-state index contributed by atoms with van der Waals surface area (Å²) in [5.41, 5.74) is 4.83. The molecule has 1 N–H and O–H groups in total. The van der Waals surface area contributed by atoms with Crippen LogP contribution in [0.25, 0.3) is 33.4 Å². The van der Waals surface area contributed by atoms with Crippen molar-refractivity contribution in [1.82, 2.24) is 25.0 Å². The monoisotopic (exact) mass is 369 g/mol. The molecule has 0 spiro atoms. The molecule has 8 heteroatoms. The molecule has 4 aromatic rings. The Hall–Kier alpha value is -2.77. The second-order valence-electron chi connectivity index (χ2n) is 6.07. The van der Waals surface area contributed by atoms with Gasteiger partial charge in [0.15, 0.2) is 5.65 Å². The summed E-state index contributed by atoms with van der Waals surface area (Å²) >= 11 is 5.85. The van der Waals surface area contributed by atoms with E-state index in [-0.39, 0.29) is 5.02 Å². The fourth-order valence-corrected chi connectivity index (χ4v) is 3.46. The van der Waals surface area contributed by atoms with Crippen molar-refractivity contribution in [1.29, 1.82) is 0 Å². The Morgan fingerprint density at radius 3 is 3.08 bits per heavy atom. The van der Waals surface area contributed by atoms with Crippen molar-refractivity contribution in [3.05, 3.63) is 53.2 Å². The molecule has 6 nitrogen and oxygen atoms in total. The van der Waals surface area contributed by atoms with Crippen molar-refractivity contribution in [3.63, 3.8) is 0 Å². The molecule has 0 aliphatic carbocycles. The lowest BCUT2D eigenvalue weighted by Crippen LogP contribution is -2.17. The van der Waals surface area contributed by atoms with E-state index in [0.29, 0.717) is 36.7 Å². The minimum atomic E-state index is -0.472. The minimum absolute atomic E-state index is 0.0868. The third kappa shape index (κ3) is 2.32. The van der Waals surface area contributed by atoms with Crippen LogP contribution in [0.1, 0.15) is 5.69 Å². The van der Waals surface area contributed by atoms with Crippen LogP contribution >= 0.6 is 11.6 Å². The fraction of sp³-hybridized carbons (Fsp3) is 0.167. The van der Waals surface area contributed by atoms with E-state index in [9.17, 15) is 4.39 Å². The SMILES string of the molecule is Fc1cc(-c2nn3c(c2-c2ccnc4[nH]ncc24)COCC3)ccc1Cl. The normalized spacial score (nSPS) is 13.9. The molecule has 5 rings (SSSR count). The van der Waals surface area contributed by atoms with Gasteiger partial charge < -0.3 is 4.74 Å². The van der Waals surface area contributed by atoms with Gasteiger partial charge in [0, 0.05) is 22.7 Å². The zero-order valence-corrected chi connectivity index (χ0v) is 14.3. The van der Waals surface area contributed by atoms with Crippen LogP contribution in [0.2, 0.25) is 5.02 Å². The molecule has 1 aliphatic rings. The molecule has 0 atom stereocenters. The predicted molar refractivity (Wildman–Crippen MR) is 95.2 cm³/mol. The van der Waals surface area contributed by atoms with Crippen molar-refractivity contribution >= 4 is 22.6 Å². The number of nitrogens with one attached hydrogen (secondary N) is 1. The first-order chi connectivity index (χ1) is 12.7. The van der Waals surface area contributed by atoms with E-state index < -0.39 is 5.82 Å². The van der Waals surface area contributed by atoms with Crippen LogP contribution in [0.4, 0.5) is 4.39 Å². The van der Waals surface area contributed by atoms with E-state index in [0.717, 1.165) is 22.2 Å². The molecular formula is C18H13ClFN5O. The number of H-pyrrole nitrogens is 1. The molecular weight excluding hydrogens is 357 g/mol. The first-order valence-corrected chi connectivity index (χ1v) is 8.51. The number of pyridine rings is 1. The van der Waals surface area contributed by atoms with Crippen LogP contribution in [0.15, 0.2) is 36.7 Å². The number of benzene rings is 1. The van der Waals surface area contributed by atoms with Crippen LogP contribution in [-0.2, 0) is 17.9 Å². The van der Waals surface area contributed by atoms with Crippen molar-refractivity contribution in [3.8, 4) is 22.4 Å². The van der Waals surface area contributed by atoms with E-state index in [1.54, 1.807) is 24.5 Å². The van der Waals surface area contributed by atoms with Gasteiger partial charge in [-0.3, -0.25) is 9.78 Å². The van der Waals surface area contributed by atoms with E-state index in [4.69, 9.17) is 21.4 Å². The summed E-state index contributed by atoms with van der Waals surface area (Å²) in [5.74, 6) is -0.472. The Morgan fingerprint density at radius 2 is 2.19 bits per heavy atom. The average molecular weight is 370 g/mol. The molecule has 0 saturated heterocycles. The first-order valence-electron chi connectivity index (χ1n) is 8.13. The van der Waals surface area contributed by atoms with E-state index >= 15 is 0 Å². The molecule has 0 amide bonds. The van der Waals surface area contributed by atoms with Gasteiger partial charge in [-0.15, -0.1) is 0 Å². The van der Waals surface area contributed by atoms with Gasteiger partial charge in [-0.05, 0) is 23.8 Å². The van der Waals surface area contributed by atoms with Crippen LogP contribution in [0, 0.1) is 5.82 Å². The van der Waals surface area contributed by atoms with Gasteiger partial charge in [0.2, 0.25) is 0 Å². The third-order valence-corrected chi connectivity index (χ3v) is 4.87. The summed E-state index contributed by atoms with van der Waals surface area (Å²) in [5, 5.41) is 12.7. The third-order valence-electron chi connectivity index (χ3n) is 4.56. The van der Waals surface area contributed by atoms with E-state index in [2.05, 4.69) is 15.2 Å². The molecule has 0 fully saturated rings. The lowest BCUT2D eigenvalue weighted by Gasteiger charge is -2.15. The van der Waals surface area contributed by atoms with Crippen molar-refractivity contribution < 1.29 is 9.13 Å². The molecule has 0 unspecified atom stereocenters. The maximum atomic E-state index is 14.1. The predicted octanol–water partition coefficient (Wildman–Crippen LogP) is 3.81. The summed E-state index contributed by atoms with van der Waals surface area (Å²) < 4.78 is 21.6. The highest BCUT2D eigenvalue weighted by Crippen LogP contribution is 2.39. The minimum Gasteiger partial charge on any atom is -0.373 e. The zero-order chi connectivity index (χ0) is 17.7. The summed E-state index contributed by atoms with van der Waals surface area (Å²) in [6, 6.07) is 6.65. The van der Waals surface area contributed by atoms with Gasteiger partial charge in [0.1, 0.15) is 11.5 Å². The number of halogens is 2. The van der Waals surface area contributed by atoms with E-state index in [1.807, 2.05) is 10.7 Å². The molecule has 130 valence electrons. The summed E-state index contributed by atoms with van der Waals surface area (Å²) in [7, 11) is 0. The molecule has 3 aromatic heterocycles. The number of hydrogen-bond acceptors (Lipinski definition) is 4. The standard InChI is InChI=1S/C18H13ClFN5O/c19-13-2-1-10(7-14(13)20)17-16(15-9-26-6-5-25(15)24-17)11-3-4-21-18-12(11)8-22-23-18/h1-4,7-8H,5-6,9H2,(H,21,22,23). The molecule has 1 aliphatic heterocycles. The highest BCUT2D eigenvalue weighted by molar-refractivity contribution is 6.30. The number of ether oxygens (including phenoxy) is 1. The molecule has 0 radical (unpaired) electrons. The zero-order valence-electron chi connectivity index (χ0n) is 13.5. The largest absolute Gasteiger partial charge is 0.373 e. The lowest BCUT2D eigenvalue weighted by molar-refractivity contribution is 0.0805. The van der Waals surface area contributed by atoms with Gasteiger partial charge in [0.05, 0.1) is 36.7 Å². The molecule has 26 heavy (non-hydrogen) atoms. The Labute approximate surface area is 152 Å². The molecule has 1 aromatic carbocycles. The van der Waals surface area contributed by atoms with Crippen molar-refractivity contribution in [2.45, 2.75) is 13.2 Å². The number of nitrogens with zero attached hydrogens (tertiary/aromatic N) is 4. The molecule has 4 heterocycles. The average Bonchev–Trinajstić information content (AvgIpc) is 3.28. The van der Waals surface area contributed by atoms with Gasteiger partial charge >= 0.3 is 0 Å². The lowest BCUT2D eigenvalue weighted by atomic mass is 9.97. The van der Waals surface area contributed by atoms with E-state index in [1.165, 1.54) is 6.07 Å².